The lowest BCUT2D eigenvalue weighted by molar-refractivity contribution is 0.0935. The average Bonchev–Trinajstić information content (AvgIpc) is 2.80. The topological polar surface area (TPSA) is 34.4 Å². The van der Waals surface area contributed by atoms with Crippen LogP contribution >= 0.6 is 0 Å². The second-order valence-corrected chi connectivity index (χ2v) is 3.81. The van der Waals surface area contributed by atoms with Crippen molar-refractivity contribution >= 4 is 0 Å². The highest BCUT2D eigenvalue weighted by atomic mass is 16.5. The maximum absolute atomic E-state index is 5.56. The van der Waals surface area contributed by atoms with Gasteiger partial charge in [-0.15, -0.1) is 0 Å². The predicted molar refractivity (Wildman–Crippen MR) is 54.0 cm³/mol. The van der Waals surface area contributed by atoms with Crippen LogP contribution in [0.15, 0.2) is 22.8 Å². The van der Waals surface area contributed by atoms with E-state index in [2.05, 4.69) is 12.2 Å². The van der Waals surface area contributed by atoms with Crippen molar-refractivity contribution in [3.05, 3.63) is 24.2 Å². The maximum atomic E-state index is 5.56. The highest BCUT2D eigenvalue weighted by molar-refractivity contribution is 5.07. The van der Waals surface area contributed by atoms with E-state index in [1.165, 1.54) is 0 Å². The van der Waals surface area contributed by atoms with E-state index in [4.69, 9.17) is 9.15 Å². The molecule has 1 aromatic heterocycles. The second-order valence-electron chi connectivity index (χ2n) is 3.81. The van der Waals surface area contributed by atoms with Crippen LogP contribution in [-0.2, 0) is 4.74 Å². The number of hydrogen-bond donors (Lipinski definition) is 1. The van der Waals surface area contributed by atoms with Crippen LogP contribution in [0.4, 0.5) is 0 Å². The third-order valence-corrected chi connectivity index (χ3v) is 3.02. The van der Waals surface area contributed by atoms with Gasteiger partial charge in [0, 0.05) is 12.5 Å². The van der Waals surface area contributed by atoms with Gasteiger partial charge in [-0.25, -0.2) is 0 Å². The summed E-state index contributed by atoms with van der Waals surface area (Å²) in [5.74, 6) is 1.53. The molecule has 3 heteroatoms. The first kappa shape index (κ1) is 9.74. The number of nitrogens with one attached hydrogen (secondary N) is 1. The Morgan fingerprint density at radius 2 is 2.43 bits per heavy atom. The van der Waals surface area contributed by atoms with Gasteiger partial charge >= 0.3 is 0 Å². The Balaban J connectivity index is 2.13. The summed E-state index contributed by atoms with van der Waals surface area (Å²) in [7, 11) is 1.97. The second kappa shape index (κ2) is 4.15. The quantitative estimate of drug-likeness (QED) is 0.800. The molecular weight excluding hydrogens is 178 g/mol. The fraction of sp³-hybridized carbons (Fsp3) is 0.636. The normalized spacial score (nSPS) is 29.3. The Bertz CT molecular complexity index is 271. The molecule has 0 saturated carbocycles. The molecule has 0 spiro atoms. The van der Waals surface area contributed by atoms with Gasteiger partial charge in [0.05, 0.1) is 18.4 Å². The minimum Gasteiger partial charge on any atom is -0.468 e. The van der Waals surface area contributed by atoms with Gasteiger partial charge in [-0.3, -0.25) is 0 Å². The van der Waals surface area contributed by atoms with Gasteiger partial charge in [-0.2, -0.15) is 0 Å². The third-order valence-electron chi connectivity index (χ3n) is 3.02. The zero-order valence-corrected chi connectivity index (χ0v) is 8.69. The summed E-state index contributed by atoms with van der Waals surface area (Å²) in [4.78, 5) is 0. The Kier molecular flexibility index (Phi) is 2.89. The van der Waals surface area contributed by atoms with E-state index in [9.17, 15) is 0 Å². The van der Waals surface area contributed by atoms with Crippen molar-refractivity contribution in [1.82, 2.24) is 5.32 Å². The Hall–Kier alpha value is -0.800. The van der Waals surface area contributed by atoms with Crippen molar-refractivity contribution in [2.75, 3.05) is 13.7 Å². The third kappa shape index (κ3) is 1.70. The molecule has 3 atom stereocenters. The monoisotopic (exact) mass is 195 g/mol. The molecule has 1 fully saturated rings. The first-order chi connectivity index (χ1) is 6.83. The van der Waals surface area contributed by atoms with Gasteiger partial charge in [-0.05, 0) is 32.5 Å². The largest absolute Gasteiger partial charge is 0.468 e. The van der Waals surface area contributed by atoms with E-state index >= 15 is 0 Å². The van der Waals surface area contributed by atoms with E-state index in [-0.39, 0.29) is 6.04 Å². The van der Waals surface area contributed by atoms with E-state index in [0.29, 0.717) is 12.0 Å². The van der Waals surface area contributed by atoms with Crippen LogP contribution in [0.2, 0.25) is 0 Å². The van der Waals surface area contributed by atoms with Crippen LogP contribution in [-0.4, -0.2) is 19.8 Å². The lowest BCUT2D eigenvalue weighted by Gasteiger charge is -2.23. The smallest absolute Gasteiger partial charge is 0.121 e. The van der Waals surface area contributed by atoms with Crippen molar-refractivity contribution in [2.45, 2.75) is 25.5 Å². The molecule has 14 heavy (non-hydrogen) atoms. The summed E-state index contributed by atoms with van der Waals surface area (Å²) in [6, 6.07) is 4.23. The maximum Gasteiger partial charge on any atom is 0.121 e. The van der Waals surface area contributed by atoms with E-state index in [0.717, 1.165) is 18.8 Å². The van der Waals surface area contributed by atoms with E-state index < -0.39 is 0 Å². The summed E-state index contributed by atoms with van der Waals surface area (Å²) >= 11 is 0. The molecule has 3 unspecified atom stereocenters. The van der Waals surface area contributed by atoms with Crippen molar-refractivity contribution in [1.29, 1.82) is 0 Å². The zero-order valence-electron chi connectivity index (χ0n) is 8.69. The molecule has 0 radical (unpaired) electrons. The van der Waals surface area contributed by atoms with Crippen LogP contribution in [0.1, 0.15) is 25.1 Å². The number of hydrogen-bond acceptors (Lipinski definition) is 3. The summed E-state index contributed by atoms with van der Waals surface area (Å²) in [6.45, 7) is 3.00. The first-order valence-electron chi connectivity index (χ1n) is 5.15. The zero-order chi connectivity index (χ0) is 9.97. The van der Waals surface area contributed by atoms with Crippen molar-refractivity contribution < 1.29 is 9.15 Å². The van der Waals surface area contributed by atoms with Gasteiger partial charge in [0.15, 0.2) is 0 Å². The molecular formula is C11H17NO2. The summed E-state index contributed by atoms with van der Waals surface area (Å²) in [5.41, 5.74) is 0. The van der Waals surface area contributed by atoms with Crippen molar-refractivity contribution in [3.63, 3.8) is 0 Å². The molecule has 78 valence electrons. The van der Waals surface area contributed by atoms with Crippen molar-refractivity contribution in [3.8, 4) is 0 Å². The molecule has 1 N–H and O–H groups in total. The number of rotatable bonds is 3. The fourth-order valence-electron chi connectivity index (χ4n) is 2.22. The van der Waals surface area contributed by atoms with E-state index in [1.54, 1.807) is 6.26 Å². The summed E-state index contributed by atoms with van der Waals surface area (Å²) in [5, 5.41) is 3.30. The van der Waals surface area contributed by atoms with Gasteiger partial charge in [0.1, 0.15) is 5.76 Å². The molecule has 0 amide bonds. The standard InChI is InChI=1S/C11H17NO2/c1-8-9(5-7-13-8)11(12-2)10-4-3-6-14-10/h3-4,6,8-9,11-12H,5,7H2,1-2H3. The SMILES string of the molecule is CNC(c1ccco1)C1CCOC1C. The molecule has 1 saturated heterocycles. The highest BCUT2D eigenvalue weighted by Crippen LogP contribution is 2.32. The van der Waals surface area contributed by atoms with Gasteiger partial charge in [-0.1, -0.05) is 0 Å². The summed E-state index contributed by atoms with van der Waals surface area (Å²) < 4.78 is 11.0. The minimum atomic E-state index is 0.280. The van der Waals surface area contributed by atoms with Crippen molar-refractivity contribution in [2.24, 2.45) is 5.92 Å². The van der Waals surface area contributed by atoms with Gasteiger partial charge in [0.25, 0.3) is 0 Å². The molecule has 1 aliphatic heterocycles. The minimum absolute atomic E-state index is 0.280. The Labute approximate surface area is 84.4 Å². The predicted octanol–water partition coefficient (Wildman–Crippen LogP) is 1.97. The van der Waals surface area contributed by atoms with Crippen LogP contribution in [0, 0.1) is 5.92 Å². The lowest BCUT2D eigenvalue weighted by Crippen LogP contribution is -2.29. The van der Waals surface area contributed by atoms with Crippen LogP contribution in [0.3, 0.4) is 0 Å². The Morgan fingerprint density at radius 3 is 2.93 bits per heavy atom. The molecule has 0 bridgehead atoms. The molecule has 2 heterocycles. The molecule has 1 aliphatic rings. The van der Waals surface area contributed by atoms with Crippen LogP contribution < -0.4 is 5.32 Å². The summed E-state index contributed by atoms with van der Waals surface area (Å²) in [6.07, 6.45) is 3.14. The molecule has 0 aromatic carbocycles. The number of ether oxygens (including phenoxy) is 1. The van der Waals surface area contributed by atoms with Gasteiger partial charge in [0.2, 0.25) is 0 Å². The van der Waals surface area contributed by atoms with Crippen LogP contribution in [0.5, 0.6) is 0 Å². The highest BCUT2D eigenvalue weighted by Gasteiger charge is 2.33. The van der Waals surface area contributed by atoms with Gasteiger partial charge < -0.3 is 14.5 Å². The molecule has 1 aromatic rings. The molecule has 3 nitrogen and oxygen atoms in total. The lowest BCUT2D eigenvalue weighted by atomic mass is 9.92. The first-order valence-corrected chi connectivity index (χ1v) is 5.15. The average molecular weight is 195 g/mol. The molecule has 0 aliphatic carbocycles. The van der Waals surface area contributed by atoms with E-state index in [1.807, 2.05) is 19.2 Å². The van der Waals surface area contributed by atoms with Crippen LogP contribution in [0.25, 0.3) is 0 Å². The Morgan fingerprint density at radius 1 is 1.57 bits per heavy atom. The number of furan rings is 1. The molecule has 2 rings (SSSR count). The fourth-order valence-corrected chi connectivity index (χ4v) is 2.22.